The molecule has 0 aromatic heterocycles. The zero-order valence-electron chi connectivity index (χ0n) is 13.0. The normalized spacial score (nSPS) is 11.1. The molecule has 2 aromatic carbocycles. The van der Waals surface area contributed by atoms with Crippen LogP contribution in [-0.4, -0.2) is 20.9 Å². The first-order chi connectivity index (χ1) is 11.3. The van der Waals surface area contributed by atoms with Crippen LogP contribution in [0.3, 0.4) is 0 Å². The van der Waals surface area contributed by atoms with E-state index in [4.69, 9.17) is 9.88 Å². The number of hydrogen-bond acceptors (Lipinski definition) is 4. The molecule has 0 saturated heterocycles. The summed E-state index contributed by atoms with van der Waals surface area (Å²) in [5.41, 5.74) is 0.843. The van der Waals surface area contributed by atoms with E-state index >= 15 is 0 Å². The first kappa shape index (κ1) is 17.9. The van der Waals surface area contributed by atoms with Crippen molar-refractivity contribution in [3.63, 3.8) is 0 Å². The van der Waals surface area contributed by atoms with Crippen molar-refractivity contribution < 1.29 is 22.3 Å². The Morgan fingerprint density at radius 2 is 2.00 bits per heavy atom. The Morgan fingerprint density at radius 3 is 2.62 bits per heavy atom. The number of nitrogens with one attached hydrogen (secondary N) is 1. The van der Waals surface area contributed by atoms with Crippen LogP contribution in [0.15, 0.2) is 47.4 Å². The summed E-state index contributed by atoms with van der Waals surface area (Å²) >= 11 is 0. The van der Waals surface area contributed by atoms with Crippen LogP contribution in [0.4, 0.5) is 10.1 Å². The SMILES string of the molecule is CCc1ccc(NC(=O)COc2cccc(F)c2)cc1S(N)(=O)=O. The fourth-order valence-electron chi connectivity index (χ4n) is 2.09. The smallest absolute Gasteiger partial charge is 0.262 e. The molecule has 24 heavy (non-hydrogen) atoms. The quantitative estimate of drug-likeness (QED) is 0.831. The van der Waals surface area contributed by atoms with Crippen LogP contribution in [0.1, 0.15) is 12.5 Å². The Kier molecular flexibility index (Phi) is 5.53. The van der Waals surface area contributed by atoms with Gasteiger partial charge in [-0.15, -0.1) is 0 Å². The van der Waals surface area contributed by atoms with E-state index in [1.165, 1.54) is 24.3 Å². The fraction of sp³-hybridized carbons (Fsp3) is 0.188. The predicted molar refractivity (Wildman–Crippen MR) is 87.7 cm³/mol. The number of anilines is 1. The molecular weight excluding hydrogens is 335 g/mol. The average molecular weight is 352 g/mol. The van der Waals surface area contributed by atoms with Gasteiger partial charge < -0.3 is 10.1 Å². The molecular formula is C16H17FN2O4S. The lowest BCUT2D eigenvalue weighted by atomic mass is 10.1. The van der Waals surface area contributed by atoms with Gasteiger partial charge in [-0.25, -0.2) is 17.9 Å². The molecule has 0 spiro atoms. The molecule has 2 aromatic rings. The summed E-state index contributed by atoms with van der Waals surface area (Å²) in [6.45, 7) is 1.46. The highest BCUT2D eigenvalue weighted by molar-refractivity contribution is 7.89. The summed E-state index contributed by atoms with van der Waals surface area (Å²) in [5.74, 6) is -0.763. The van der Waals surface area contributed by atoms with E-state index in [1.807, 2.05) is 0 Å². The van der Waals surface area contributed by atoms with Crippen LogP contribution in [0, 0.1) is 5.82 Å². The molecule has 8 heteroatoms. The van der Waals surface area contributed by atoms with Crippen LogP contribution in [0.25, 0.3) is 0 Å². The number of carbonyl (C=O) groups excluding carboxylic acids is 1. The van der Waals surface area contributed by atoms with E-state index in [2.05, 4.69) is 5.32 Å². The van der Waals surface area contributed by atoms with Crippen LogP contribution < -0.4 is 15.2 Å². The van der Waals surface area contributed by atoms with Gasteiger partial charge in [-0.3, -0.25) is 4.79 Å². The van der Waals surface area contributed by atoms with Crippen molar-refractivity contribution in [1.82, 2.24) is 0 Å². The van der Waals surface area contributed by atoms with Crippen LogP contribution in [-0.2, 0) is 21.2 Å². The summed E-state index contributed by atoms with van der Waals surface area (Å²) in [7, 11) is -3.89. The number of benzene rings is 2. The monoisotopic (exact) mass is 352 g/mol. The van der Waals surface area contributed by atoms with E-state index in [0.717, 1.165) is 6.07 Å². The summed E-state index contributed by atoms with van der Waals surface area (Å²) in [6, 6.07) is 9.86. The molecule has 0 atom stereocenters. The third-order valence-electron chi connectivity index (χ3n) is 3.20. The second-order valence-electron chi connectivity index (χ2n) is 5.02. The predicted octanol–water partition coefficient (Wildman–Crippen LogP) is 2.05. The van der Waals surface area contributed by atoms with Gasteiger partial charge in [-0.2, -0.15) is 0 Å². The van der Waals surface area contributed by atoms with Crippen LogP contribution in [0.5, 0.6) is 5.75 Å². The number of amides is 1. The van der Waals surface area contributed by atoms with Gasteiger partial charge in [0.2, 0.25) is 10.0 Å². The standard InChI is InChI=1S/C16H17FN2O4S/c1-2-11-6-7-13(9-15(11)24(18,21)22)19-16(20)10-23-14-5-3-4-12(17)8-14/h3-9H,2,10H2,1H3,(H,19,20)(H2,18,21,22). The van der Waals surface area contributed by atoms with Crippen molar-refractivity contribution in [2.45, 2.75) is 18.2 Å². The van der Waals surface area contributed by atoms with Crippen molar-refractivity contribution in [3.05, 3.63) is 53.8 Å². The number of primary sulfonamides is 1. The van der Waals surface area contributed by atoms with Crippen molar-refractivity contribution in [2.75, 3.05) is 11.9 Å². The van der Waals surface area contributed by atoms with Gasteiger partial charge in [-0.05, 0) is 36.2 Å². The maximum absolute atomic E-state index is 13.0. The van der Waals surface area contributed by atoms with Gasteiger partial charge in [0.05, 0.1) is 4.90 Å². The van der Waals surface area contributed by atoms with Crippen LogP contribution in [0.2, 0.25) is 0 Å². The minimum atomic E-state index is -3.89. The second-order valence-corrected chi connectivity index (χ2v) is 6.55. The molecule has 0 aliphatic heterocycles. The summed E-state index contributed by atoms with van der Waals surface area (Å²) < 4.78 is 41.4. The van der Waals surface area contributed by atoms with Crippen molar-refractivity contribution in [1.29, 1.82) is 0 Å². The van der Waals surface area contributed by atoms with E-state index < -0.39 is 21.7 Å². The van der Waals surface area contributed by atoms with Gasteiger partial charge in [0.1, 0.15) is 11.6 Å². The molecule has 0 radical (unpaired) electrons. The Balaban J connectivity index is 2.06. The van der Waals surface area contributed by atoms with Gasteiger partial charge in [-0.1, -0.05) is 19.1 Å². The van der Waals surface area contributed by atoms with E-state index in [1.54, 1.807) is 19.1 Å². The van der Waals surface area contributed by atoms with Gasteiger partial charge in [0.25, 0.3) is 5.91 Å². The number of rotatable bonds is 6. The Bertz CT molecular complexity index is 853. The largest absolute Gasteiger partial charge is 0.484 e. The maximum Gasteiger partial charge on any atom is 0.262 e. The first-order valence-corrected chi connectivity index (χ1v) is 8.68. The Labute approximate surface area is 139 Å². The highest BCUT2D eigenvalue weighted by atomic mass is 32.2. The lowest BCUT2D eigenvalue weighted by Gasteiger charge is -2.11. The molecule has 6 nitrogen and oxygen atoms in total. The molecule has 0 heterocycles. The third kappa shape index (κ3) is 4.77. The third-order valence-corrected chi connectivity index (χ3v) is 4.20. The Morgan fingerprint density at radius 1 is 1.25 bits per heavy atom. The van der Waals surface area contributed by atoms with Gasteiger partial charge >= 0.3 is 0 Å². The molecule has 0 aliphatic carbocycles. The number of halogens is 1. The van der Waals surface area contributed by atoms with Crippen molar-refractivity contribution in [3.8, 4) is 5.75 Å². The fourth-order valence-corrected chi connectivity index (χ4v) is 2.96. The molecule has 0 bridgehead atoms. The summed E-state index contributed by atoms with van der Waals surface area (Å²) in [6.07, 6.45) is 0.489. The first-order valence-electron chi connectivity index (χ1n) is 7.13. The molecule has 0 fully saturated rings. The number of aryl methyl sites for hydroxylation is 1. The van der Waals surface area contributed by atoms with E-state index in [9.17, 15) is 17.6 Å². The van der Waals surface area contributed by atoms with Crippen molar-refractivity contribution in [2.24, 2.45) is 5.14 Å². The molecule has 1 amide bonds. The molecule has 128 valence electrons. The second kappa shape index (κ2) is 7.41. The minimum absolute atomic E-state index is 0.0335. The maximum atomic E-state index is 13.0. The number of carbonyl (C=O) groups is 1. The number of hydrogen-bond donors (Lipinski definition) is 2. The van der Waals surface area contributed by atoms with Crippen molar-refractivity contribution >= 4 is 21.6 Å². The minimum Gasteiger partial charge on any atom is -0.484 e. The van der Waals surface area contributed by atoms with Crippen LogP contribution >= 0.6 is 0 Å². The number of sulfonamides is 1. The lowest BCUT2D eigenvalue weighted by Crippen LogP contribution is -2.21. The molecule has 2 rings (SSSR count). The lowest BCUT2D eigenvalue weighted by molar-refractivity contribution is -0.118. The number of nitrogens with two attached hydrogens (primary N) is 1. The van der Waals surface area contributed by atoms with E-state index in [-0.39, 0.29) is 22.9 Å². The summed E-state index contributed by atoms with van der Waals surface area (Å²) in [4.78, 5) is 11.8. The zero-order chi connectivity index (χ0) is 17.7. The Hall–Kier alpha value is -2.45. The van der Waals surface area contributed by atoms with E-state index in [0.29, 0.717) is 12.0 Å². The van der Waals surface area contributed by atoms with Gasteiger partial charge in [0.15, 0.2) is 6.61 Å². The molecule has 0 unspecified atom stereocenters. The van der Waals surface area contributed by atoms with Gasteiger partial charge in [0, 0.05) is 11.8 Å². The highest BCUT2D eigenvalue weighted by Gasteiger charge is 2.14. The molecule has 0 saturated carbocycles. The number of ether oxygens (including phenoxy) is 1. The molecule has 3 N–H and O–H groups in total. The molecule has 0 aliphatic rings. The summed E-state index contributed by atoms with van der Waals surface area (Å²) in [5, 5.41) is 7.69. The zero-order valence-corrected chi connectivity index (χ0v) is 13.8. The topological polar surface area (TPSA) is 98.5 Å². The highest BCUT2D eigenvalue weighted by Crippen LogP contribution is 2.20. The average Bonchev–Trinajstić information content (AvgIpc) is 2.52.